The first-order chi connectivity index (χ1) is 18.1. The molecule has 0 unspecified atom stereocenters. The molecule has 0 saturated heterocycles. The topological polar surface area (TPSA) is 65.1 Å². The van der Waals surface area contributed by atoms with E-state index in [1.54, 1.807) is 12.1 Å². The number of aryl methyl sites for hydroxylation is 1. The second kappa shape index (κ2) is 8.00. The summed E-state index contributed by atoms with van der Waals surface area (Å²) in [6.07, 6.45) is 1.53. The van der Waals surface area contributed by atoms with Gasteiger partial charge < -0.3 is 8.98 Å². The Kier molecular flexibility index (Phi) is 4.60. The summed E-state index contributed by atoms with van der Waals surface area (Å²) in [7, 11) is 1.93. The van der Waals surface area contributed by atoms with Crippen LogP contribution in [0, 0.1) is 0 Å². The van der Waals surface area contributed by atoms with Crippen LogP contribution in [0.2, 0.25) is 0 Å². The fourth-order valence-electron chi connectivity index (χ4n) is 5.05. The summed E-state index contributed by atoms with van der Waals surface area (Å²) < 4.78 is 7.92. The molecule has 0 saturated carbocycles. The molecule has 0 bridgehead atoms. The quantitative estimate of drug-likeness (QED) is 0.200. The molecular formula is C32H20N2O3. The number of carbonyl (C=O) groups excluding carboxylic acids is 2. The maximum Gasteiger partial charge on any atom is 0.245 e. The number of allylic oxidation sites excluding steroid dienone is 1. The molecule has 37 heavy (non-hydrogen) atoms. The molecule has 5 nitrogen and oxygen atoms in total. The van der Waals surface area contributed by atoms with E-state index >= 15 is 0 Å². The smallest absolute Gasteiger partial charge is 0.245 e. The SMILES string of the molecule is Cn1c(-c2ccc(-c3ccccc3)cc2)nc2oc(C=C3C(=O)c4cc5ccccc5cc4C3=O)cc21. The largest absolute Gasteiger partial charge is 0.437 e. The highest BCUT2D eigenvalue weighted by atomic mass is 16.3. The van der Waals surface area contributed by atoms with E-state index in [-0.39, 0.29) is 17.1 Å². The third-order valence-corrected chi connectivity index (χ3v) is 7.00. The predicted octanol–water partition coefficient (Wildman–Crippen LogP) is 7.12. The summed E-state index contributed by atoms with van der Waals surface area (Å²) in [6, 6.07) is 31.6. The van der Waals surface area contributed by atoms with Crippen molar-refractivity contribution in [1.29, 1.82) is 0 Å². The van der Waals surface area contributed by atoms with E-state index in [1.165, 1.54) is 6.08 Å². The van der Waals surface area contributed by atoms with Gasteiger partial charge in [0, 0.05) is 29.8 Å². The minimum Gasteiger partial charge on any atom is -0.437 e. The molecule has 4 aromatic carbocycles. The number of furan rings is 1. The first-order valence-electron chi connectivity index (χ1n) is 12.0. The van der Waals surface area contributed by atoms with Crippen molar-refractivity contribution in [1.82, 2.24) is 9.55 Å². The monoisotopic (exact) mass is 480 g/mol. The van der Waals surface area contributed by atoms with Crippen molar-refractivity contribution >= 4 is 39.6 Å². The number of ketones is 2. The Morgan fingerprint density at radius 1 is 0.703 bits per heavy atom. The van der Waals surface area contributed by atoms with E-state index in [1.807, 2.05) is 72.3 Å². The van der Waals surface area contributed by atoms with Crippen LogP contribution in [0.25, 0.3) is 50.6 Å². The van der Waals surface area contributed by atoms with Crippen molar-refractivity contribution in [2.75, 3.05) is 0 Å². The molecule has 6 aromatic rings. The maximum absolute atomic E-state index is 13.1. The third kappa shape index (κ3) is 3.36. The lowest BCUT2D eigenvalue weighted by molar-refractivity contribution is 0.0990. The zero-order chi connectivity index (χ0) is 25.1. The van der Waals surface area contributed by atoms with Crippen molar-refractivity contribution < 1.29 is 14.0 Å². The summed E-state index contributed by atoms with van der Waals surface area (Å²) in [5.74, 6) is 0.643. The van der Waals surface area contributed by atoms with Crippen molar-refractivity contribution in [2.45, 2.75) is 0 Å². The Bertz CT molecular complexity index is 1850. The van der Waals surface area contributed by atoms with Crippen LogP contribution in [0.1, 0.15) is 26.5 Å². The molecule has 2 heterocycles. The van der Waals surface area contributed by atoms with Gasteiger partial charge in [-0.05, 0) is 40.1 Å². The number of rotatable bonds is 3. The number of hydrogen-bond donors (Lipinski definition) is 0. The summed E-state index contributed by atoms with van der Waals surface area (Å²) in [5.41, 5.74) is 5.49. The highest BCUT2D eigenvalue weighted by Crippen LogP contribution is 2.33. The first kappa shape index (κ1) is 21.3. The van der Waals surface area contributed by atoms with E-state index in [4.69, 9.17) is 9.40 Å². The van der Waals surface area contributed by atoms with Gasteiger partial charge in [0.2, 0.25) is 5.71 Å². The average molecular weight is 481 g/mol. The highest BCUT2D eigenvalue weighted by Gasteiger charge is 2.34. The van der Waals surface area contributed by atoms with Gasteiger partial charge in [-0.25, -0.2) is 0 Å². The van der Waals surface area contributed by atoms with Crippen LogP contribution >= 0.6 is 0 Å². The van der Waals surface area contributed by atoms with E-state index in [9.17, 15) is 9.59 Å². The van der Waals surface area contributed by atoms with Crippen molar-refractivity contribution in [3.05, 3.63) is 120 Å². The number of benzene rings is 4. The van der Waals surface area contributed by atoms with E-state index in [0.717, 1.165) is 38.8 Å². The highest BCUT2D eigenvalue weighted by molar-refractivity contribution is 6.42. The summed E-state index contributed by atoms with van der Waals surface area (Å²) >= 11 is 0. The Hall–Kier alpha value is -5.03. The second-order valence-electron chi connectivity index (χ2n) is 9.24. The summed E-state index contributed by atoms with van der Waals surface area (Å²) in [6.45, 7) is 0. The van der Waals surface area contributed by atoms with Gasteiger partial charge in [-0.1, -0.05) is 78.9 Å². The summed E-state index contributed by atoms with van der Waals surface area (Å²) in [4.78, 5) is 30.9. The van der Waals surface area contributed by atoms with Gasteiger partial charge in [0.1, 0.15) is 17.1 Å². The second-order valence-corrected chi connectivity index (χ2v) is 9.24. The van der Waals surface area contributed by atoms with E-state index in [0.29, 0.717) is 22.6 Å². The first-order valence-corrected chi connectivity index (χ1v) is 12.0. The molecule has 0 atom stereocenters. The van der Waals surface area contributed by atoms with Crippen LogP contribution in [0.3, 0.4) is 0 Å². The molecule has 0 spiro atoms. The average Bonchev–Trinajstić information content (AvgIpc) is 3.55. The number of Topliss-reactive ketones (excluding diaryl/α,β-unsaturated/α-hetero) is 2. The Balaban J connectivity index is 1.22. The maximum atomic E-state index is 13.1. The number of hydrogen-bond acceptors (Lipinski definition) is 4. The van der Waals surface area contributed by atoms with Crippen molar-refractivity contribution in [3.63, 3.8) is 0 Å². The van der Waals surface area contributed by atoms with Crippen LogP contribution in [0.4, 0.5) is 0 Å². The molecule has 5 heteroatoms. The van der Waals surface area contributed by atoms with E-state index in [2.05, 4.69) is 24.3 Å². The zero-order valence-corrected chi connectivity index (χ0v) is 19.9. The molecule has 2 aromatic heterocycles. The molecule has 7 rings (SSSR count). The van der Waals surface area contributed by atoms with Crippen LogP contribution in [-0.2, 0) is 7.05 Å². The van der Waals surface area contributed by atoms with Crippen LogP contribution in [-0.4, -0.2) is 21.1 Å². The Morgan fingerprint density at radius 3 is 1.89 bits per heavy atom. The Labute approximate surface area is 212 Å². The van der Waals surface area contributed by atoms with Gasteiger partial charge in [-0.3, -0.25) is 9.59 Å². The number of nitrogens with zero attached hydrogens (tertiary/aromatic N) is 2. The molecule has 0 aliphatic heterocycles. The molecule has 176 valence electrons. The van der Waals surface area contributed by atoms with Gasteiger partial charge in [0.25, 0.3) is 0 Å². The van der Waals surface area contributed by atoms with Gasteiger partial charge in [0.05, 0.1) is 5.57 Å². The lowest BCUT2D eigenvalue weighted by atomic mass is 10.0. The van der Waals surface area contributed by atoms with Crippen LogP contribution in [0.15, 0.2) is 107 Å². The van der Waals surface area contributed by atoms with Gasteiger partial charge in [0.15, 0.2) is 11.6 Å². The van der Waals surface area contributed by atoms with Crippen LogP contribution in [0.5, 0.6) is 0 Å². The lowest BCUT2D eigenvalue weighted by Crippen LogP contribution is -1.99. The molecular weight excluding hydrogens is 460 g/mol. The molecule has 0 radical (unpaired) electrons. The number of aromatic nitrogens is 2. The number of fused-ring (bicyclic) bond motifs is 3. The zero-order valence-electron chi connectivity index (χ0n) is 19.9. The third-order valence-electron chi connectivity index (χ3n) is 7.00. The van der Waals surface area contributed by atoms with Crippen LogP contribution < -0.4 is 0 Å². The van der Waals surface area contributed by atoms with Crippen molar-refractivity contribution in [2.24, 2.45) is 7.05 Å². The molecule has 1 aliphatic rings. The van der Waals surface area contributed by atoms with Crippen molar-refractivity contribution in [3.8, 4) is 22.5 Å². The normalized spacial score (nSPS) is 13.1. The molecule has 0 amide bonds. The van der Waals surface area contributed by atoms with E-state index < -0.39 is 0 Å². The fourth-order valence-corrected chi connectivity index (χ4v) is 5.05. The minimum atomic E-state index is -0.279. The Morgan fingerprint density at radius 2 is 1.27 bits per heavy atom. The fraction of sp³-hybridized carbons (Fsp3) is 0.0312. The standard InChI is InChI=1S/C32H20N2O3/c1-34-28-18-24(17-27-29(35)25-15-22-9-5-6-10-23(22)16-26(25)30(27)36)37-32(28)33-31(34)21-13-11-20(12-14-21)19-7-3-2-4-8-19/h2-18H,1H3. The number of imidazole rings is 1. The van der Waals surface area contributed by atoms with Gasteiger partial charge in [-0.2, -0.15) is 4.98 Å². The summed E-state index contributed by atoms with van der Waals surface area (Å²) in [5, 5.41) is 1.86. The molecule has 0 fully saturated rings. The van der Waals surface area contributed by atoms with Gasteiger partial charge in [-0.15, -0.1) is 0 Å². The van der Waals surface area contributed by atoms with Gasteiger partial charge >= 0.3 is 0 Å². The molecule has 1 aliphatic carbocycles. The number of carbonyl (C=O) groups is 2. The predicted molar refractivity (Wildman–Crippen MR) is 144 cm³/mol. The minimum absolute atomic E-state index is 0.112. The lowest BCUT2D eigenvalue weighted by Gasteiger charge is -2.05. The molecule has 0 N–H and O–H groups in total.